The molecular formula is C62H40N5+. The van der Waals surface area contributed by atoms with Gasteiger partial charge in [-0.15, -0.1) is 4.52 Å². The van der Waals surface area contributed by atoms with Crippen LogP contribution >= 0.6 is 0 Å². The maximum Gasteiger partial charge on any atom is 0.236 e. The summed E-state index contributed by atoms with van der Waals surface area (Å²) in [6, 6.07) is 85.3. The normalized spacial score (nSPS) is 11.9. The van der Waals surface area contributed by atoms with Crippen LogP contribution < -0.4 is 4.68 Å². The lowest BCUT2D eigenvalue weighted by Gasteiger charge is -2.24. The zero-order chi connectivity index (χ0) is 44.0. The number of nitrogens with zero attached hydrogens (tertiary/aromatic N) is 5. The molecule has 0 saturated heterocycles. The predicted molar refractivity (Wildman–Crippen MR) is 275 cm³/mol. The highest BCUT2D eigenvalue weighted by molar-refractivity contribution is 6.14. The third-order valence-corrected chi connectivity index (χ3v) is 13.7. The number of hydrogen-bond acceptors (Lipinski definition) is 1. The highest BCUT2D eigenvalue weighted by Crippen LogP contribution is 2.47. The Balaban J connectivity index is 1.20. The molecule has 312 valence electrons. The van der Waals surface area contributed by atoms with Crippen LogP contribution in [0.15, 0.2) is 243 Å². The zero-order valence-corrected chi connectivity index (χ0v) is 36.3. The third kappa shape index (κ3) is 5.62. The Morgan fingerprint density at radius 3 is 1.43 bits per heavy atom. The minimum Gasteiger partial charge on any atom is -0.302 e. The molecule has 0 spiro atoms. The maximum atomic E-state index is 5.75. The summed E-state index contributed by atoms with van der Waals surface area (Å²) in [5.74, 6) is 0.904. The summed E-state index contributed by atoms with van der Waals surface area (Å²) < 4.78 is 9.78. The van der Waals surface area contributed by atoms with E-state index in [1.807, 2.05) is 0 Å². The lowest BCUT2D eigenvalue weighted by Crippen LogP contribution is -2.37. The van der Waals surface area contributed by atoms with Crippen LogP contribution in [0.1, 0.15) is 0 Å². The first-order valence-corrected chi connectivity index (χ1v) is 22.9. The molecule has 14 rings (SSSR count). The molecule has 0 amide bonds. The molecule has 0 fully saturated rings. The molecule has 67 heavy (non-hydrogen) atoms. The monoisotopic (exact) mass is 854 g/mol. The number of benzene rings is 10. The maximum absolute atomic E-state index is 5.75. The van der Waals surface area contributed by atoms with Crippen LogP contribution in [0.3, 0.4) is 0 Å². The molecule has 2 aliphatic heterocycles. The fourth-order valence-corrected chi connectivity index (χ4v) is 10.7. The summed E-state index contributed by atoms with van der Waals surface area (Å²) in [5, 5.41) is 1.16. The molecule has 0 saturated carbocycles. The highest BCUT2D eigenvalue weighted by atomic mass is 15.4. The predicted octanol–water partition coefficient (Wildman–Crippen LogP) is 15.0. The molecule has 0 radical (unpaired) electrons. The Hall–Kier alpha value is -9.06. The molecule has 2 aromatic heterocycles. The number of fused-ring (bicyclic) bond motifs is 4. The molecule has 0 atom stereocenters. The molecule has 0 unspecified atom stereocenters. The van der Waals surface area contributed by atoms with Crippen molar-refractivity contribution >= 4 is 44.0 Å². The van der Waals surface area contributed by atoms with Gasteiger partial charge in [-0.05, 0) is 80.4 Å². The third-order valence-electron chi connectivity index (χ3n) is 13.7. The van der Waals surface area contributed by atoms with Crippen LogP contribution in [0.2, 0.25) is 0 Å². The fraction of sp³-hybridized carbons (Fsp3) is 0. The Kier molecular flexibility index (Phi) is 8.21. The molecule has 2 aliphatic rings. The van der Waals surface area contributed by atoms with Gasteiger partial charge in [0.1, 0.15) is 22.5 Å². The van der Waals surface area contributed by atoms with Crippen molar-refractivity contribution in [2.24, 2.45) is 0 Å². The SMILES string of the molecule is c1ccc(-c2cc3c4c(c2)n2c5c(c[n+]2-c2ccccc2)c(-c2ccccc2-c2ccccc2)ccc5n-4c2ccc(-c4ccccc4-c4ccccc4)c4nc(-c5ccccc5)n3c42)cc1. The summed E-state index contributed by atoms with van der Waals surface area (Å²) in [5.41, 5.74) is 22.4. The molecule has 12 aromatic rings. The highest BCUT2D eigenvalue weighted by Gasteiger charge is 2.32. The fourth-order valence-electron chi connectivity index (χ4n) is 10.7. The van der Waals surface area contributed by atoms with Gasteiger partial charge in [-0.2, -0.15) is 0 Å². The van der Waals surface area contributed by atoms with E-state index in [9.17, 15) is 0 Å². The Morgan fingerprint density at radius 1 is 0.343 bits per heavy atom. The lowest BCUT2D eigenvalue weighted by atomic mass is 9.92. The van der Waals surface area contributed by atoms with Crippen LogP contribution in [0, 0.1) is 0 Å². The first kappa shape index (κ1) is 37.3. The molecule has 0 aliphatic carbocycles. The summed E-state index contributed by atoms with van der Waals surface area (Å²) in [6.07, 6.45) is 2.35. The van der Waals surface area contributed by atoms with Crippen LogP contribution in [-0.2, 0) is 0 Å². The standard InChI is InChI=1S/C62H40N5/c1-6-20-41(21-7-1)45-38-56-60-57(39-45)67-59-53(40-64(67)46-28-14-5-15-29-46)51(49-32-18-16-30-47(49)42-22-8-2-9-23-42)34-36-54(59)65(60)55-37-35-52(50-33-19-17-31-48(50)43-24-10-3-11-25-43)58-61(55)66(56)62(63-58)44-26-12-4-13-27-44/h1-40H/q+1. The number of hydrogen-bond donors (Lipinski definition) is 0. The number of imidazole rings is 1. The zero-order valence-electron chi connectivity index (χ0n) is 36.3. The van der Waals surface area contributed by atoms with Crippen LogP contribution in [0.4, 0.5) is 0 Å². The Bertz CT molecular complexity index is 3870. The number of aromatic nitrogens is 5. The second kappa shape index (κ2) is 14.7. The Labute approximate surface area is 386 Å². The molecule has 5 nitrogen and oxygen atoms in total. The quantitative estimate of drug-likeness (QED) is 0.0892. The molecule has 0 N–H and O–H groups in total. The van der Waals surface area contributed by atoms with E-state index < -0.39 is 0 Å². The van der Waals surface area contributed by atoms with Crippen molar-refractivity contribution in [3.63, 3.8) is 0 Å². The van der Waals surface area contributed by atoms with Gasteiger partial charge in [0.25, 0.3) is 0 Å². The van der Waals surface area contributed by atoms with E-state index in [2.05, 4.69) is 261 Å². The minimum atomic E-state index is 0.904. The van der Waals surface area contributed by atoms with E-state index in [0.717, 1.165) is 89.0 Å². The van der Waals surface area contributed by atoms with Gasteiger partial charge in [-0.3, -0.25) is 4.40 Å². The summed E-state index contributed by atoms with van der Waals surface area (Å²) >= 11 is 0. The van der Waals surface area contributed by atoms with E-state index in [-0.39, 0.29) is 0 Å². The topological polar surface area (TPSA) is 30.5 Å². The van der Waals surface area contributed by atoms with Crippen LogP contribution in [0.25, 0.3) is 122 Å². The second-order valence-electron chi connectivity index (χ2n) is 17.4. The van der Waals surface area contributed by atoms with Crippen molar-refractivity contribution < 1.29 is 4.68 Å². The summed E-state index contributed by atoms with van der Waals surface area (Å²) in [6.45, 7) is 0. The van der Waals surface area contributed by atoms with Gasteiger partial charge in [0.15, 0.2) is 0 Å². The van der Waals surface area contributed by atoms with E-state index in [1.54, 1.807) is 0 Å². The van der Waals surface area contributed by atoms with Crippen molar-refractivity contribution in [1.29, 1.82) is 0 Å². The van der Waals surface area contributed by atoms with E-state index in [4.69, 9.17) is 4.98 Å². The molecule has 5 heteroatoms. The second-order valence-corrected chi connectivity index (χ2v) is 17.4. The lowest BCUT2D eigenvalue weighted by molar-refractivity contribution is -0.664. The van der Waals surface area contributed by atoms with Gasteiger partial charge < -0.3 is 4.57 Å². The molecular weight excluding hydrogens is 815 g/mol. The van der Waals surface area contributed by atoms with Crippen LogP contribution in [-0.4, -0.2) is 18.5 Å². The molecule has 4 heterocycles. The van der Waals surface area contributed by atoms with Gasteiger partial charge in [0, 0.05) is 23.3 Å². The minimum absolute atomic E-state index is 0.904. The van der Waals surface area contributed by atoms with E-state index >= 15 is 0 Å². The molecule has 0 bridgehead atoms. The summed E-state index contributed by atoms with van der Waals surface area (Å²) in [4.78, 5) is 5.75. The van der Waals surface area contributed by atoms with Gasteiger partial charge in [0.2, 0.25) is 11.9 Å². The largest absolute Gasteiger partial charge is 0.302 e. The average molecular weight is 855 g/mol. The van der Waals surface area contributed by atoms with Crippen molar-refractivity contribution in [3.05, 3.63) is 243 Å². The van der Waals surface area contributed by atoms with E-state index in [0.29, 0.717) is 0 Å². The smallest absolute Gasteiger partial charge is 0.236 e. The van der Waals surface area contributed by atoms with E-state index in [1.165, 1.54) is 33.4 Å². The van der Waals surface area contributed by atoms with Gasteiger partial charge in [0.05, 0.1) is 33.0 Å². The first-order valence-electron chi connectivity index (χ1n) is 22.9. The van der Waals surface area contributed by atoms with Gasteiger partial charge in [-0.25, -0.2) is 4.98 Å². The van der Waals surface area contributed by atoms with Crippen LogP contribution in [0.5, 0.6) is 0 Å². The van der Waals surface area contributed by atoms with Crippen molar-refractivity contribution in [2.45, 2.75) is 0 Å². The van der Waals surface area contributed by atoms with Gasteiger partial charge in [-0.1, -0.05) is 199 Å². The Morgan fingerprint density at radius 2 is 0.821 bits per heavy atom. The number of rotatable bonds is 7. The first-order chi connectivity index (χ1) is 33.3. The van der Waals surface area contributed by atoms with Crippen molar-refractivity contribution in [2.75, 3.05) is 0 Å². The van der Waals surface area contributed by atoms with Crippen molar-refractivity contribution in [1.82, 2.24) is 18.5 Å². The summed E-state index contributed by atoms with van der Waals surface area (Å²) in [7, 11) is 0. The molecule has 10 aromatic carbocycles. The number of para-hydroxylation sites is 1. The van der Waals surface area contributed by atoms with Gasteiger partial charge >= 0.3 is 0 Å². The average Bonchev–Trinajstić information content (AvgIpc) is 4.02. The van der Waals surface area contributed by atoms with Crippen molar-refractivity contribution in [3.8, 4) is 78.4 Å².